The molecule has 0 saturated carbocycles. The van der Waals surface area contributed by atoms with Crippen molar-refractivity contribution in [2.75, 3.05) is 35.2 Å². The van der Waals surface area contributed by atoms with Crippen molar-refractivity contribution < 1.29 is 14.3 Å². The van der Waals surface area contributed by atoms with Crippen molar-refractivity contribution in [3.63, 3.8) is 0 Å². The number of carbonyl (C=O) groups is 2. The van der Waals surface area contributed by atoms with Gasteiger partial charge in [-0.3, -0.25) is 4.79 Å². The predicted octanol–water partition coefficient (Wildman–Crippen LogP) is 6.26. The van der Waals surface area contributed by atoms with E-state index in [-0.39, 0.29) is 11.9 Å². The van der Waals surface area contributed by atoms with E-state index in [1.807, 2.05) is 49.4 Å². The fourth-order valence-corrected chi connectivity index (χ4v) is 4.93. The molecule has 1 heterocycles. The van der Waals surface area contributed by atoms with E-state index >= 15 is 0 Å². The Balaban J connectivity index is 1.32. The van der Waals surface area contributed by atoms with E-state index in [1.54, 1.807) is 18.2 Å². The van der Waals surface area contributed by atoms with Crippen molar-refractivity contribution in [2.45, 2.75) is 26.3 Å². The third kappa shape index (κ3) is 6.80. The SMILES string of the molecule is CCOc1ccc(NC(=O)Nc2ccc(N3CCc4ccccc4C3)c(C(=O)NCCc3ccccc3)c2)cc1. The molecular formula is C33H34N4O3. The number of nitrogens with one attached hydrogen (secondary N) is 3. The van der Waals surface area contributed by atoms with Gasteiger partial charge in [0.2, 0.25) is 0 Å². The van der Waals surface area contributed by atoms with Gasteiger partial charge in [0, 0.05) is 36.7 Å². The van der Waals surface area contributed by atoms with Crippen LogP contribution in [0.2, 0.25) is 0 Å². The van der Waals surface area contributed by atoms with Gasteiger partial charge in [-0.2, -0.15) is 0 Å². The highest BCUT2D eigenvalue weighted by Gasteiger charge is 2.22. The third-order valence-electron chi connectivity index (χ3n) is 6.94. The fourth-order valence-electron chi connectivity index (χ4n) is 4.93. The minimum absolute atomic E-state index is 0.166. The number of carbonyl (C=O) groups excluding carboxylic acids is 2. The zero-order valence-corrected chi connectivity index (χ0v) is 22.7. The van der Waals surface area contributed by atoms with Crippen molar-refractivity contribution in [3.8, 4) is 5.75 Å². The summed E-state index contributed by atoms with van der Waals surface area (Å²) in [7, 11) is 0. The van der Waals surface area contributed by atoms with Crippen LogP contribution in [0.25, 0.3) is 0 Å². The molecule has 0 fully saturated rings. The summed E-state index contributed by atoms with van der Waals surface area (Å²) in [5.41, 5.74) is 6.34. The molecule has 0 aliphatic carbocycles. The van der Waals surface area contributed by atoms with Gasteiger partial charge in [-0.05, 0) is 78.9 Å². The second-order valence-electron chi connectivity index (χ2n) is 9.70. The molecule has 4 aromatic rings. The van der Waals surface area contributed by atoms with Crippen molar-refractivity contribution >= 4 is 29.0 Å². The first-order chi connectivity index (χ1) is 19.6. The highest BCUT2D eigenvalue weighted by atomic mass is 16.5. The average Bonchev–Trinajstić information content (AvgIpc) is 2.98. The van der Waals surface area contributed by atoms with Crippen LogP contribution in [0.3, 0.4) is 0 Å². The van der Waals surface area contributed by atoms with Crippen LogP contribution in [0.15, 0.2) is 97.1 Å². The zero-order valence-electron chi connectivity index (χ0n) is 22.7. The Bertz CT molecular complexity index is 1450. The van der Waals surface area contributed by atoms with Gasteiger partial charge in [-0.25, -0.2) is 4.79 Å². The molecule has 7 heteroatoms. The minimum atomic E-state index is -0.390. The second-order valence-corrected chi connectivity index (χ2v) is 9.70. The number of fused-ring (bicyclic) bond motifs is 1. The summed E-state index contributed by atoms with van der Waals surface area (Å²) >= 11 is 0. The molecule has 4 aromatic carbocycles. The molecule has 0 atom stereocenters. The quantitative estimate of drug-likeness (QED) is 0.237. The van der Waals surface area contributed by atoms with Crippen LogP contribution in [-0.2, 0) is 19.4 Å². The smallest absolute Gasteiger partial charge is 0.323 e. The molecule has 0 saturated heterocycles. The molecule has 1 aliphatic heterocycles. The molecule has 204 valence electrons. The van der Waals surface area contributed by atoms with Crippen molar-refractivity contribution in [1.82, 2.24) is 5.32 Å². The van der Waals surface area contributed by atoms with E-state index in [0.717, 1.165) is 42.9 Å². The van der Waals surface area contributed by atoms with Gasteiger partial charge in [-0.1, -0.05) is 54.6 Å². The highest BCUT2D eigenvalue weighted by molar-refractivity contribution is 6.04. The lowest BCUT2D eigenvalue weighted by Gasteiger charge is -2.32. The molecule has 0 bridgehead atoms. The van der Waals surface area contributed by atoms with Crippen LogP contribution < -0.4 is 25.6 Å². The Hall–Kier alpha value is -4.78. The van der Waals surface area contributed by atoms with Crippen LogP contribution in [0.4, 0.5) is 21.9 Å². The Morgan fingerprint density at radius 2 is 1.52 bits per heavy atom. The first-order valence-corrected chi connectivity index (χ1v) is 13.7. The zero-order chi connectivity index (χ0) is 27.7. The van der Waals surface area contributed by atoms with E-state index in [0.29, 0.717) is 30.1 Å². The average molecular weight is 535 g/mol. The number of hydrogen-bond donors (Lipinski definition) is 3. The molecule has 0 aromatic heterocycles. The highest BCUT2D eigenvalue weighted by Crippen LogP contribution is 2.30. The Labute approximate surface area is 235 Å². The Kier molecular flexibility index (Phi) is 8.61. The number of amides is 3. The molecule has 3 N–H and O–H groups in total. The number of ether oxygens (including phenoxy) is 1. The van der Waals surface area contributed by atoms with Gasteiger partial charge in [-0.15, -0.1) is 0 Å². The molecule has 1 aliphatic rings. The van der Waals surface area contributed by atoms with E-state index in [2.05, 4.69) is 57.2 Å². The van der Waals surface area contributed by atoms with E-state index in [9.17, 15) is 9.59 Å². The van der Waals surface area contributed by atoms with E-state index < -0.39 is 0 Å². The molecule has 0 unspecified atom stereocenters. The Morgan fingerprint density at radius 1 is 0.825 bits per heavy atom. The molecule has 5 rings (SSSR count). The lowest BCUT2D eigenvalue weighted by molar-refractivity contribution is 0.0954. The largest absolute Gasteiger partial charge is 0.494 e. The maximum absolute atomic E-state index is 13.5. The summed E-state index contributed by atoms with van der Waals surface area (Å²) in [5.74, 6) is 0.577. The summed E-state index contributed by atoms with van der Waals surface area (Å²) in [4.78, 5) is 28.5. The first kappa shape index (κ1) is 26.8. The van der Waals surface area contributed by atoms with Crippen molar-refractivity contribution in [2.24, 2.45) is 0 Å². The topological polar surface area (TPSA) is 82.7 Å². The molecule has 0 spiro atoms. The monoisotopic (exact) mass is 534 g/mol. The molecule has 7 nitrogen and oxygen atoms in total. The minimum Gasteiger partial charge on any atom is -0.494 e. The number of hydrogen-bond acceptors (Lipinski definition) is 4. The number of nitrogens with zero attached hydrogens (tertiary/aromatic N) is 1. The number of benzene rings is 4. The van der Waals surface area contributed by atoms with Crippen LogP contribution in [0.1, 0.15) is 34.0 Å². The standard InChI is InChI=1S/C33H34N4O3/c1-2-40-29-15-12-27(13-16-29)35-33(39)36-28-14-17-31(37-21-19-25-10-6-7-11-26(25)23-37)30(22-28)32(38)34-20-18-24-8-4-3-5-9-24/h3-17,22H,2,18-21,23H2,1H3,(H,34,38)(H2,35,36,39). The molecule has 3 amide bonds. The number of anilines is 3. The maximum atomic E-state index is 13.5. The van der Waals surface area contributed by atoms with Gasteiger partial charge >= 0.3 is 6.03 Å². The lowest BCUT2D eigenvalue weighted by Crippen LogP contribution is -2.33. The second kappa shape index (κ2) is 12.8. The number of rotatable bonds is 9. The summed E-state index contributed by atoms with van der Waals surface area (Å²) in [6, 6.07) is 30.8. The third-order valence-corrected chi connectivity index (χ3v) is 6.94. The Morgan fingerprint density at radius 3 is 2.30 bits per heavy atom. The van der Waals surface area contributed by atoms with E-state index in [1.165, 1.54) is 11.1 Å². The maximum Gasteiger partial charge on any atom is 0.323 e. The number of urea groups is 1. The predicted molar refractivity (Wildman–Crippen MR) is 160 cm³/mol. The van der Waals surface area contributed by atoms with E-state index in [4.69, 9.17) is 4.74 Å². The van der Waals surface area contributed by atoms with Crippen molar-refractivity contribution in [1.29, 1.82) is 0 Å². The van der Waals surface area contributed by atoms with Gasteiger partial charge in [0.05, 0.1) is 12.2 Å². The summed E-state index contributed by atoms with van der Waals surface area (Å²) in [6.45, 7) is 4.56. The van der Waals surface area contributed by atoms with Crippen LogP contribution in [0.5, 0.6) is 5.75 Å². The van der Waals surface area contributed by atoms with Gasteiger partial charge in [0.15, 0.2) is 0 Å². The normalized spacial score (nSPS) is 12.3. The lowest BCUT2D eigenvalue weighted by atomic mass is 9.98. The van der Waals surface area contributed by atoms with Gasteiger partial charge in [0.25, 0.3) is 5.91 Å². The summed E-state index contributed by atoms with van der Waals surface area (Å²) < 4.78 is 5.46. The molecule has 40 heavy (non-hydrogen) atoms. The van der Waals surface area contributed by atoms with Crippen LogP contribution in [-0.4, -0.2) is 31.6 Å². The van der Waals surface area contributed by atoms with Crippen LogP contribution >= 0.6 is 0 Å². The van der Waals surface area contributed by atoms with Gasteiger partial charge < -0.3 is 25.6 Å². The van der Waals surface area contributed by atoms with Crippen molar-refractivity contribution in [3.05, 3.63) is 119 Å². The summed E-state index contributed by atoms with van der Waals surface area (Å²) in [5, 5.41) is 8.78. The summed E-state index contributed by atoms with van der Waals surface area (Å²) in [6.07, 6.45) is 1.65. The van der Waals surface area contributed by atoms with Gasteiger partial charge in [0.1, 0.15) is 5.75 Å². The molecule has 0 radical (unpaired) electrons. The first-order valence-electron chi connectivity index (χ1n) is 13.7. The van der Waals surface area contributed by atoms with Crippen LogP contribution in [0, 0.1) is 0 Å². The fraction of sp³-hybridized carbons (Fsp3) is 0.212. The molecular weight excluding hydrogens is 500 g/mol.